The normalized spacial score (nSPS) is 21.4. The summed E-state index contributed by atoms with van der Waals surface area (Å²) < 4.78 is 61.6. The molecule has 0 radical (unpaired) electrons. The van der Waals surface area contributed by atoms with Crippen molar-refractivity contribution in [3.8, 4) is 11.8 Å². The van der Waals surface area contributed by atoms with Crippen LogP contribution in [0.1, 0.15) is 153 Å². The van der Waals surface area contributed by atoms with Crippen molar-refractivity contribution in [1.82, 2.24) is 14.6 Å². The van der Waals surface area contributed by atoms with Crippen LogP contribution in [0.15, 0.2) is 65.9 Å². The number of phosphoric ester groups is 1. The lowest BCUT2D eigenvalue weighted by Gasteiger charge is -2.32. The summed E-state index contributed by atoms with van der Waals surface area (Å²) in [5, 5.41) is 14.7. The maximum absolute atomic E-state index is 15.1. The van der Waals surface area contributed by atoms with Crippen molar-refractivity contribution in [2.24, 2.45) is 4.99 Å². The average molecular weight is 984 g/mol. The summed E-state index contributed by atoms with van der Waals surface area (Å²) in [6.45, 7) is 5.50. The molecule has 2 aliphatic heterocycles. The number of para-hydroxylation sites is 1. The van der Waals surface area contributed by atoms with Crippen LogP contribution in [0.25, 0.3) is 5.52 Å². The van der Waals surface area contributed by atoms with Crippen LogP contribution in [-0.2, 0) is 39.2 Å². The van der Waals surface area contributed by atoms with Crippen molar-refractivity contribution < 1.29 is 37.1 Å². The summed E-state index contributed by atoms with van der Waals surface area (Å²) in [6.07, 6.45) is 20.9. The highest BCUT2D eigenvalue weighted by molar-refractivity contribution is 7.49. The number of ether oxygens (including phenoxy) is 4. The minimum atomic E-state index is -4.54. The van der Waals surface area contributed by atoms with Crippen LogP contribution < -0.4 is 10.3 Å². The SMILES string of the molecule is CCCCCCCCCCCCCCCCCC[C@@H](COP(=O)(OC[C@@]1(/C=N\C)O[C@@H](c2ccc3c(N)ncnn23)[C@@H]2OC(C)(C)O[C@@H]21)Oc1ccccc1Cl)OCc1cc(Cl)cc(C#N)c1. The Labute approximate surface area is 406 Å². The van der Waals surface area contributed by atoms with E-state index in [1.807, 2.05) is 19.9 Å². The number of nitriles is 1. The van der Waals surface area contributed by atoms with Gasteiger partial charge < -0.3 is 29.2 Å². The largest absolute Gasteiger partial charge is 0.530 e. The van der Waals surface area contributed by atoms with Crippen LogP contribution in [-0.4, -0.2) is 70.8 Å². The van der Waals surface area contributed by atoms with E-state index in [0.29, 0.717) is 34.0 Å². The van der Waals surface area contributed by atoms with Crippen molar-refractivity contribution in [1.29, 1.82) is 5.26 Å². The number of aliphatic imine (C=N–C) groups is 1. The topological polar surface area (TPSA) is 174 Å². The van der Waals surface area contributed by atoms with E-state index < -0.39 is 43.6 Å². The highest BCUT2D eigenvalue weighted by Gasteiger charge is 2.64. The van der Waals surface area contributed by atoms with E-state index in [4.69, 9.17) is 61.5 Å². The van der Waals surface area contributed by atoms with E-state index in [2.05, 4.69) is 28.1 Å². The van der Waals surface area contributed by atoms with Crippen molar-refractivity contribution in [3.05, 3.63) is 87.8 Å². The molecule has 4 heterocycles. The van der Waals surface area contributed by atoms with E-state index in [9.17, 15) is 5.26 Å². The quantitative estimate of drug-likeness (QED) is 0.0298. The van der Waals surface area contributed by atoms with Crippen molar-refractivity contribution in [2.45, 2.75) is 172 Å². The lowest BCUT2D eigenvalue weighted by molar-refractivity contribution is -0.201. The fourth-order valence-electron chi connectivity index (χ4n) is 8.88. The van der Waals surface area contributed by atoms with Crippen molar-refractivity contribution >= 4 is 48.6 Å². The van der Waals surface area contributed by atoms with Gasteiger partial charge in [0.2, 0.25) is 0 Å². The molecule has 2 fully saturated rings. The van der Waals surface area contributed by atoms with Gasteiger partial charge in [-0.3, -0.25) is 14.0 Å². The zero-order chi connectivity index (χ0) is 47.7. The number of halogens is 2. The monoisotopic (exact) mass is 982 g/mol. The molecular weight excluding hydrogens is 914 g/mol. The van der Waals surface area contributed by atoms with Crippen LogP contribution in [0.3, 0.4) is 0 Å². The molecule has 366 valence electrons. The molecule has 2 aromatic carbocycles. The molecule has 6 rings (SSSR count). The summed E-state index contributed by atoms with van der Waals surface area (Å²) in [5.41, 5.74) is 7.12. The number of hydrogen-bond acceptors (Lipinski definition) is 13. The third kappa shape index (κ3) is 15.2. The van der Waals surface area contributed by atoms with Crippen LogP contribution in [0, 0.1) is 11.3 Å². The molecule has 2 N–H and O–H groups in total. The Morgan fingerprint density at radius 2 is 1.58 bits per heavy atom. The number of fused-ring (bicyclic) bond motifs is 2. The van der Waals surface area contributed by atoms with Gasteiger partial charge in [-0.05, 0) is 68.3 Å². The van der Waals surface area contributed by atoms with Gasteiger partial charge in [0.15, 0.2) is 17.2 Å². The molecule has 2 aromatic heterocycles. The first-order valence-electron chi connectivity index (χ1n) is 24.1. The molecule has 67 heavy (non-hydrogen) atoms. The zero-order valence-electron chi connectivity index (χ0n) is 39.6. The van der Waals surface area contributed by atoms with E-state index in [-0.39, 0.29) is 30.6 Å². The van der Waals surface area contributed by atoms with E-state index in [0.717, 1.165) is 24.8 Å². The fraction of sp³-hybridized carbons (Fsp3) is 0.600. The average Bonchev–Trinajstić information content (AvgIpc) is 3.97. The van der Waals surface area contributed by atoms with Gasteiger partial charge in [-0.2, -0.15) is 10.4 Å². The van der Waals surface area contributed by atoms with Gasteiger partial charge in [0.05, 0.1) is 48.3 Å². The van der Waals surface area contributed by atoms with Crippen LogP contribution in [0.4, 0.5) is 5.82 Å². The molecule has 0 spiro atoms. The second-order valence-corrected chi connectivity index (χ2v) is 20.6. The summed E-state index contributed by atoms with van der Waals surface area (Å²) in [6, 6.07) is 17.5. The Balaban J connectivity index is 1.12. The first-order chi connectivity index (χ1) is 32.4. The predicted molar refractivity (Wildman–Crippen MR) is 263 cm³/mol. The minimum Gasteiger partial charge on any atom is -0.402 e. The summed E-state index contributed by atoms with van der Waals surface area (Å²) in [5.74, 6) is -0.616. The van der Waals surface area contributed by atoms with Gasteiger partial charge in [-0.25, -0.2) is 14.1 Å². The lowest BCUT2D eigenvalue weighted by atomic mass is 9.96. The van der Waals surface area contributed by atoms with Crippen molar-refractivity contribution in [3.63, 3.8) is 0 Å². The summed E-state index contributed by atoms with van der Waals surface area (Å²) >= 11 is 12.9. The molecule has 0 saturated carbocycles. The third-order valence-electron chi connectivity index (χ3n) is 12.3. The van der Waals surface area contributed by atoms with Gasteiger partial charge in [-0.1, -0.05) is 145 Å². The highest BCUT2D eigenvalue weighted by Crippen LogP contribution is 2.55. The summed E-state index contributed by atoms with van der Waals surface area (Å²) in [4.78, 5) is 8.49. The number of hydrogen-bond donors (Lipinski definition) is 1. The standard InChI is InChI=1S/C50H69Cl2N6O8P/c1-5-6-7-8-9-10-11-12-13-14-15-16-17-18-19-20-23-40(60-32-38-28-37(31-53)29-39(51)30-38)33-61-67(59,66-44-25-22-21-24-41(44)52)62-35-50(34-55-4)47-46(63-49(2,3)65-47)45(64-50)42-26-27-43-48(54)56-36-57-58(42)43/h21-22,24-30,34,36,40,45-47H,5-20,23,32-33,35H2,1-4H3,(H2,54,56,57)/b55-34-/t40-,45-,46-,47-,50+,67?/m0/s1. The number of nitrogens with zero attached hydrogens (tertiary/aromatic N) is 5. The second-order valence-electron chi connectivity index (χ2n) is 18.1. The molecule has 17 heteroatoms. The number of anilines is 1. The number of nitrogens with two attached hydrogens (primary N) is 1. The van der Waals surface area contributed by atoms with Gasteiger partial charge in [0.25, 0.3) is 0 Å². The minimum absolute atomic E-state index is 0.102. The number of rotatable bonds is 30. The Morgan fingerprint density at radius 3 is 2.24 bits per heavy atom. The number of phosphoric acid groups is 1. The molecule has 2 aliphatic rings. The highest BCUT2D eigenvalue weighted by atomic mass is 35.5. The van der Waals surface area contributed by atoms with Crippen LogP contribution in [0.5, 0.6) is 5.75 Å². The molecule has 0 amide bonds. The van der Waals surface area contributed by atoms with Crippen molar-refractivity contribution in [2.75, 3.05) is 26.0 Å². The molecule has 14 nitrogen and oxygen atoms in total. The fourth-order valence-corrected chi connectivity index (χ4v) is 10.7. The number of nitrogen functional groups attached to an aromatic ring is 1. The van der Waals surface area contributed by atoms with E-state index in [1.54, 1.807) is 66.3 Å². The smallest absolute Gasteiger partial charge is 0.402 e. The maximum atomic E-state index is 15.1. The van der Waals surface area contributed by atoms with Crippen LogP contribution >= 0.6 is 31.0 Å². The Hall–Kier alpha value is -3.61. The first-order valence-corrected chi connectivity index (χ1v) is 26.3. The van der Waals surface area contributed by atoms with Gasteiger partial charge in [0, 0.05) is 18.3 Å². The van der Waals surface area contributed by atoms with Gasteiger partial charge in [-0.15, -0.1) is 0 Å². The Kier molecular flexibility index (Phi) is 20.3. The van der Waals surface area contributed by atoms with E-state index >= 15 is 4.57 Å². The number of benzene rings is 2. The van der Waals surface area contributed by atoms with E-state index in [1.165, 1.54) is 89.8 Å². The molecule has 6 atom stereocenters. The molecule has 2 saturated heterocycles. The summed E-state index contributed by atoms with van der Waals surface area (Å²) in [7, 11) is -2.93. The number of unbranched alkanes of at least 4 members (excludes halogenated alkanes) is 15. The predicted octanol–water partition coefficient (Wildman–Crippen LogP) is 13.0. The molecule has 0 bridgehead atoms. The third-order valence-corrected chi connectivity index (χ3v) is 14.1. The zero-order valence-corrected chi connectivity index (χ0v) is 42.0. The second kappa shape index (κ2) is 25.8. The molecule has 1 unspecified atom stereocenters. The molecule has 4 aromatic rings. The number of aromatic nitrogens is 3. The van der Waals surface area contributed by atoms with Crippen LogP contribution in [0.2, 0.25) is 10.0 Å². The Morgan fingerprint density at radius 1 is 0.910 bits per heavy atom. The molecular formula is C50H69Cl2N6O8P. The first kappa shape index (κ1) is 52.8. The lowest BCUT2D eigenvalue weighted by Crippen LogP contribution is -2.48. The molecule has 0 aliphatic carbocycles. The maximum Gasteiger partial charge on any atom is 0.530 e. The Bertz CT molecular complexity index is 2290. The van der Waals surface area contributed by atoms with Gasteiger partial charge in [0.1, 0.15) is 35.9 Å². The van der Waals surface area contributed by atoms with Gasteiger partial charge >= 0.3 is 7.82 Å².